The molecule has 0 aromatic rings. The van der Waals surface area contributed by atoms with Crippen LogP contribution < -0.4 is 0 Å². The molecule has 4 heteroatoms. The van der Waals surface area contributed by atoms with E-state index in [1.54, 1.807) is 0 Å². The molecule has 56 valence electrons. The van der Waals surface area contributed by atoms with E-state index in [2.05, 4.69) is 6.92 Å². The Kier molecular flexibility index (Phi) is 14.3. The van der Waals surface area contributed by atoms with Crippen LogP contribution in [0.3, 0.4) is 0 Å². The van der Waals surface area contributed by atoms with E-state index in [4.69, 9.17) is 4.52 Å². The van der Waals surface area contributed by atoms with Crippen molar-refractivity contribution < 1.29 is 9.09 Å². The first-order valence-corrected chi connectivity index (χ1v) is 4.19. The fraction of sp³-hybridized carbons (Fsp3) is 1.00. The molecular weight excluding hydrogens is 175 g/mol. The number of hydrogen-bond donors (Lipinski definition) is 0. The summed E-state index contributed by atoms with van der Waals surface area (Å²) in [4.78, 5) is 0. The molecule has 2 atom stereocenters. The monoisotopic (exact) mass is 189 g/mol. The first kappa shape index (κ1) is 13.9. The molecule has 0 aromatic carbocycles. The summed E-state index contributed by atoms with van der Waals surface area (Å²) in [5.74, 6) is 0. The minimum Gasteiger partial charge on any atom is -0.145 e. The van der Waals surface area contributed by atoms with Crippen molar-refractivity contribution in [3.8, 4) is 0 Å². The Morgan fingerprint density at radius 1 is 1.50 bits per heavy atom. The van der Waals surface area contributed by atoms with E-state index in [0.29, 0.717) is 0 Å². The zero-order chi connectivity index (χ0) is 7.11. The van der Waals surface area contributed by atoms with E-state index in [-0.39, 0.29) is 43.8 Å². The van der Waals surface area contributed by atoms with Crippen LogP contribution in [0.25, 0.3) is 0 Å². The van der Waals surface area contributed by atoms with E-state index in [0.717, 1.165) is 19.3 Å². The van der Waals surface area contributed by atoms with Gasteiger partial charge in [-0.25, -0.2) is 0 Å². The van der Waals surface area contributed by atoms with Gasteiger partial charge in [-0.3, -0.25) is 0 Å². The Balaban J connectivity index is 0. The molecule has 0 aliphatic rings. The average molecular weight is 189 g/mol. The van der Waals surface area contributed by atoms with E-state index >= 15 is 0 Å². The standard InChI is InChI=1S/C6H14O2P.Ca/c1-3-5-6(4-2)8-9-7;/h6,9H,3-5H2,1-2H3;/q+1;. The van der Waals surface area contributed by atoms with Crippen molar-refractivity contribution >= 4 is 46.4 Å². The molecule has 0 fully saturated rings. The van der Waals surface area contributed by atoms with Crippen LogP contribution in [0.1, 0.15) is 33.1 Å². The summed E-state index contributed by atoms with van der Waals surface area (Å²) in [5.41, 5.74) is 0. The Labute approximate surface area is 94.0 Å². The molecule has 10 heavy (non-hydrogen) atoms. The summed E-state index contributed by atoms with van der Waals surface area (Å²) in [6.07, 6.45) is 3.29. The summed E-state index contributed by atoms with van der Waals surface area (Å²) in [6, 6.07) is 0. The predicted molar refractivity (Wildman–Crippen MR) is 44.8 cm³/mol. The van der Waals surface area contributed by atoms with Crippen molar-refractivity contribution in [3.63, 3.8) is 0 Å². The second-order valence-electron chi connectivity index (χ2n) is 2.02. The van der Waals surface area contributed by atoms with Crippen molar-refractivity contribution in [2.24, 2.45) is 0 Å². The summed E-state index contributed by atoms with van der Waals surface area (Å²) in [7, 11) is -0.595. The van der Waals surface area contributed by atoms with Crippen LogP contribution in [-0.4, -0.2) is 43.8 Å². The molecule has 0 saturated heterocycles. The normalized spacial score (nSPS) is 12.6. The molecule has 0 aliphatic heterocycles. The number of rotatable bonds is 5. The van der Waals surface area contributed by atoms with Gasteiger partial charge >= 0.3 is 8.69 Å². The molecule has 2 nitrogen and oxygen atoms in total. The third-order valence-electron chi connectivity index (χ3n) is 1.28. The zero-order valence-electron chi connectivity index (χ0n) is 6.72. The molecule has 2 radical (unpaired) electrons. The summed E-state index contributed by atoms with van der Waals surface area (Å²) >= 11 is 0. The van der Waals surface area contributed by atoms with E-state index in [1.165, 1.54) is 0 Å². The maximum Gasteiger partial charge on any atom is 0.494 e. The van der Waals surface area contributed by atoms with Gasteiger partial charge in [0.15, 0.2) is 0 Å². The van der Waals surface area contributed by atoms with E-state index in [9.17, 15) is 4.57 Å². The van der Waals surface area contributed by atoms with Gasteiger partial charge in [-0.2, -0.15) is 0 Å². The van der Waals surface area contributed by atoms with Gasteiger partial charge in [0.05, 0.1) is 0 Å². The first-order valence-electron chi connectivity index (χ1n) is 3.37. The zero-order valence-corrected chi connectivity index (χ0v) is 9.93. The van der Waals surface area contributed by atoms with Crippen molar-refractivity contribution in [3.05, 3.63) is 0 Å². The molecule has 0 aromatic heterocycles. The minimum atomic E-state index is -0.595. The quantitative estimate of drug-likeness (QED) is 0.489. The van der Waals surface area contributed by atoms with Gasteiger partial charge in [-0.1, -0.05) is 20.3 Å². The molecule has 0 bridgehead atoms. The van der Waals surface area contributed by atoms with Crippen molar-refractivity contribution in [1.82, 2.24) is 0 Å². The Bertz CT molecular complexity index is 80.1. The van der Waals surface area contributed by atoms with Crippen LogP contribution in [0.2, 0.25) is 0 Å². The van der Waals surface area contributed by atoms with Crippen molar-refractivity contribution in [2.45, 2.75) is 39.2 Å². The minimum absolute atomic E-state index is 0. The second-order valence-corrected chi connectivity index (χ2v) is 2.42. The average Bonchev–Trinajstić information content (AvgIpc) is 1.88. The fourth-order valence-electron chi connectivity index (χ4n) is 0.736. The van der Waals surface area contributed by atoms with Crippen molar-refractivity contribution in [2.75, 3.05) is 0 Å². The molecule has 0 amide bonds. The van der Waals surface area contributed by atoms with Crippen LogP contribution in [0.5, 0.6) is 0 Å². The Hall–Kier alpha value is 1.32. The van der Waals surface area contributed by atoms with Gasteiger partial charge in [0.25, 0.3) is 0 Å². The van der Waals surface area contributed by atoms with Gasteiger partial charge < -0.3 is 0 Å². The van der Waals surface area contributed by atoms with Crippen LogP contribution in [-0.2, 0) is 9.09 Å². The molecule has 0 spiro atoms. The van der Waals surface area contributed by atoms with Crippen LogP contribution in [0.4, 0.5) is 0 Å². The second kappa shape index (κ2) is 10.3. The molecule has 0 saturated carbocycles. The fourth-order valence-corrected chi connectivity index (χ4v) is 1.16. The molecular formula is C6H14CaO2P+. The summed E-state index contributed by atoms with van der Waals surface area (Å²) in [5, 5.41) is 0. The smallest absolute Gasteiger partial charge is 0.145 e. The molecule has 0 aliphatic carbocycles. The summed E-state index contributed by atoms with van der Waals surface area (Å²) in [6.45, 7) is 4.14. The summed E-state index contributed by atoms with van der Waals surface area (Å²) < 4.78 is 14.9. The predicted octanol–water partition coefficient (Wildman–Crippen LogP) is 2.14. The van der Waals surface area contributed by atoms with E-state index in [1.807, 2.05) is 6.92 Å². The van der Waals surface area contributed by atoms with Crippen LogP contribution >= 0.6 is 8.69 Å². The topological polar surface area (TPSA) is 26.3 Å². The molecule has 0 rings (SSSR count). The van der Waals surface area contributed by atoms with Gasteiger partial charge in [0, 0.05) is 37.7 Å². The molecule has 0 heterocycles. The van der Waals surface area contributed by atoms with Gasteiger partial charge in [-0.05, 0) is 17.4 Å². The van der Waals surface area contributed by atoms with Gasteiger partial charge in [0.2, 0.25) is 0 Å². The van der Waals surface area contributed by atoms with Crippen LogP contribution in [0.15, 0.2) is 0 Å². The molecule has 0 N–H and O–H groups in total. The Morgan fingerprint density at radius 3 is 2.40 bits per heavy atom. The van der Waals surface area contributed by atoms with Crippen LogP contribution in [0, 0.1) is 0 Å². The van der Waals surface area contributed by atoms with E-state index < -0.39 is 8.69 Å². The third-order valence-corrected chi connectivity index (χ3v) is 1.71. The first-order chi connectivity index (χ1) is 4.35. The maximum absolute atomic E-state index is 9.98. The Morgan fingerprint density at radius 2 is 2.10 bits per heavy atom. The van der Waals surface area contributed by atoms with Gasteiger partial charge in [0.1, 0.15) is 6.10 Å². The van der Waals surface area contributed by atoms with Gasteiger partial charge in [-0.15, -0.1) is 4.52 Å². The maximum atomic E-state index is 9.98. The van der Waals surface area contributed by atoms with Crippen molar-refractivity contribution in [1.29, 1.82) is 0 Å². The largest absolute Gasteiger partial charge is 0.494 e. The number of hydrogen-bond acceptors (Lipinski definition) is 2. The SMILES string of the molecule is CCCC(CC)O[PH+]=O.[Ca]. The molecule has 2 unspecified atom stereocenters. The third kappa shape index (κ3) is 7.43.